The molecule has 6 nitrogen and oxygen atoms in total. The second-order valence-corrected chi connectivity index (χ2v) is 4.44. The van der Waals surface area contributed by atoms with Gasteiger partial charge in [0.25, 0.3) is 5.91 Å². The first-order valence-corrected chi connectivity index (χ1v) is 6.40. The van der Waals surface area contributed by atoms with Crippen LogP contribution in [0.15, 0.2) is 23.2 Å². The molecule has 1 aliphatic heterocycles. The number of hydrogen-bond donors (Lipinski definition) is 2. The van der Waals surface area contributed by atoms with Crippen molar-refractivity contribution in [1.82, 2.24) is 5.32 Å². The molecule has 0 spiro atoms. The highest BCUT2D eigenvalue weighted by Crippen LogP contribution is 2.25. The van der Waals surface area contributed by atoms with Crippen molar-refractivity contribution in [3.8, 4) is 5.75 Å². The monoisotopic (exact) mass is 275 g/mol. The average molecular weight is 275 g/mol. The second-order valence-electron chi connectivity index (χ2n) is 4.44. The molecular formula is C14H17N3O3. The van der Waals surface area contributed by atoms with E-state index >= 15 is 0 Å². The van der Waals surface area contributed by atoms with E-state index in [9.17, 15) is 9.59 Å². The minimum atomic E-state index is -0.330. The predicted molar refractivity (Wildman–Crippen MR) is 76.5 cm³/mol. The Bertz CT molecular complexity index is 567. The summed E-state index contributed by atoms with van der Waals surface area (Å²) in [7, 11) is 1.51. The summed E-state index contributed by atoms with van der Waals surface area (Å²) in [5.41, 5.74) is 0.972. The Labute approximate surface area is 117 Å². The number of Topliss-reactive ketones (excluding diaryl/α,β-unsaturated/α-hetero) is 1. The average Bonchev–Trinajstić information content (AvgIpc) is 2.48. The maximum Gasteiger partial charge on any atom is 0.290 e. The van der Waals surface area contributed by atoms with Crippen molar-refractivity contribution in [2.45, 2.75) is 13.3 Å². The highest BCUT2D eigenvalue weighted by Gasteiger charge is 2.16. The van der Waals surface area contributed by atoms with E-state index in [4.69, 9.17) is 4.74 Å². The fraction of sp³-hybridized carbons (Fsp3) is 0.357. The highest BCUT2D eigenvalue weighted by molar-refractivity contribution is 6.42. The number of benzene rings is 1. The quantitative estimate of drug-likeness (QED) is 0.810. The van der Waals surface area contributed by atoms with Gasteiger partial charge >= 0.3 is 0 Å². The van der Waals surface area contributed by atoms with Crippen LogP contribution in [0.25, 0.3) is 0 Å². The molecule has 0 aliphatic carbocycles. The fourth-order valence-corrected chi connectivity index (χ4v) is 1.89. The van der Waals surface area contributed by atoms with E-state index in [1.165, 1.54) is 14.0 Å². The Morgan fingerprint density at radius 1 is 1.40 bits per heavy atom. The minimum absolute atomic E-state index is 0.0729. The van der Waals surface area contributed by atoms with Gasteiger partial charge in [-0.25, -0.2) is 0 Å². The molecule has 1 aromatic carbocycles. The normalized spacial score (nSPS) is 14.0. The van der Waals surface area contributed by atoms with E-state index in [-0.39, 0.29) is 11.7 Å². The molecule has 0 bridgehead atoms. The van der Waals surface area contributed by atoms with Crippen molar-refractivity contribution >= 4 is 23.2 Å². The Hall–Kier alpha value is -2.37. The summed E-state index contributed by atoms with van der Waals surface area (Å²) in [5.74, 6) is 0.409. The third-order valence-corrected chi connectivity index (χ3v) is 2.97. The molecule has 0 saturated carbocycles. The molecule has 0 unspecified atom stereocenters. The lowest BCUT2D eigenvalue weighted by molar-refractivity contribution is -0.110. The van der Waals surface area contributed by atoms with Gasteiger partial charge in [0.2, 0.25) is 0 Å². The molecule has 1 amide bonds. The van der Waals surface area contributed by atoms with E-state index in [0.717, 1.165) is 13.0 Å². The van der Waals surface area contributed by atoms with Crippen molar-refractivity contribution in [3.05, 3.63) is 23.8 Å². The number of rotatable bonds is 4. The molecule has 1 aliphatic rings. The summed E-state index contributed by atoms with van der Waals surface area (Å²) in [4.78, 5) is 27.6. The van der Waals surface area contributed by atoms with Crippen molar-refractivity contribution < 1.29 is 14.3 Å². The van der Waals surface area contributed by atoms with Crippen LogP contribution in [0.4, 0.5) is 5.69 Å². The zero-order chi connectivity index (χ0) is 14.5. The summed E-state index contributed by atoms with van der Waals surface area (Å²) >= 11 is 0. The SMILES string of the molecule is COc1ccc(C(C)=O)cc1NC(=O)C1=NCCCN1. The van der Waals surface area contributed by atoms with Gasteiger partial charge in [-0.05, 0) is 31.5 Å². The van der Waals surface area contributed by atoms with Crippen molar-refractivity contribution in [1.29, 1.82) is 0 Å². The Kier molecular flexibility index (Phi) is 4.34. The number of ketones is 1. The van der Waals surface area contributed by atoms with Crippen LogP contribution in [0.2, 0.25) is 0 Å². The first kappa shape index (κ1) is 14.0. The smallest absolute Gasteiger partial charge is 0.290 e. The summed E-state index contributed by atoms with van der Waals surface area (Å²) in [6.45, 7) is 2.84. The van der Waals surface area contributed by atoms with Crippen LogP contribution in [0.1, 0.15) is 23.7 Å². The minimum Gasteiger partial charge on any atom is -0.495 e. The Morgan fingerprint density at radius 3 is 2.80 bits per heavy atom. The number of methoxy groups -OCH3 is 1. The number of hydrogen-bond acceptors (Lipinski definition) is 5. The van der Waals surface area contributed by atoms with Crippen LogP contribution >= 0.6 is 0 Å². The lowest BCUT2D eigenvalue weighted by Gasteiger charge is -2.15. The predicted octanol–water partition coefficient (Wildman–Crippen LogP) is 1.23. The lowest BCUT2D eigenvalue weighted by atomic mass is 10.1. The van der Waals surface area contributed by atoms with Crippen LogP contribution in [0.3, 0.4) is 0 Å². The number of amides is 1. The van der Waals surface area contributed by atoms with Gasteiger partial charge in [0.15, 0.2) is 11.6 Å². The van der Waals surface area contributed by atoms with Crippen molar-refractivity contribution in [3.63, 3.8) is 0 Å². The van der Waals surface area contributed by atoms with Gasteiger partial charge in [0.05, 0.1) is 12.8 Å². The largest absolute Gasteiger partial charge is 0.495 e. The van der Waals surface area contributed by atoms with Crippen LogP contribution in [-0.2, 0) is 4.79 Å². The van der Waals surface area contributed by atoms with Crippen LogP contribution in [-0.4, -0.2) is 37.7 Å². The molecule has 2 rings (SSSR count). The number of amidine groups is 1. The molecule has 1 heterocycles. The van der Waals surface area contributed by atoms with Crippen molar-refractivity contribution in [2.24, 2.45) is 4.99 Å². The Balaban J connectivity index is 2.22. The molecule has 2 N–H and O–H groups in total. The summed E-state index contributed by atoms with van der Waals surface area (Å²) in [6, 6.07) is 4.91. The summed E-state index contributed by atoms with van der Waals surface area (Å²) in [5, 5.41) is 5.66. The molecule has 0 atom stereocenters. The molecule has 0 saturated heterocycles. The number of nitrogens with zero attached hydrogens (tertiary/aromatic N) is 1. The van der Waals surface area contributed by atoms with Gasteiger partial charge in [0, 0.05) is 18.7 Å². The standard InChI is InChI=1S/C14H17N3O3/c1-9(18)10-4-5-12(20-2)11(8-10)17-14(19)13-15-6-3-7-16-13/h4-5,8H,3,6-7H2,1-2H3,(H,15,16)(H,17,19). The van der Waals surface area contributed by atoms with E-state index in [1.54, 1.807) is 18.2 Å². The van der Waals surface area contributed by atoms with Gasteiger partial charge in [0.1, 0.15) is 5.75 Å². The first-order valence-electron chi connectivity index (χ1n) is 6.40. The number of carbonyl (C=O) groups is 2. The van der Waals surface area contributed by atoms with Gasteiger partial charge in [-0.3, -0.25) is 14.6 Å². The molecular weight excluding hydrogens is 258 g/mol. The zero-order valence-corrected chi connectivity index (χ0v) is 11.5. The molecule has 20 heavy (non-hydrogen) atoms. The molecule has 0 aromatic heterocycles. The van der Waals surface area contributed by atoms with Gasteiger partial charge < -0.3 is 15.4 Å². The Morgan fingerprint density at radius 2 is 2.20 bits per heavy atom. The number of aliphatic imine (C=N–C) groups is 1. The number of nitrogens with one attached hydrogen (secondary N) is 2. The maximum absolute atomic E-state index is 12.1. The van der Waals surface area contributed by atoms with Gasteiger partial charge in [-0.2, -0.15) is 0 Å². The van der Waals surface area contributed by atoms with E-state index < -0.39 is 0 Å². The molecule has 6 heteroatoms. The summed E-state index contributed by atoms with van der Waals surface area (Å²) in [6.07, 6.45) is 0.917. The second kappa shape index (κ2) is 6.18. The summed E-state index contributed by atoms with van der Waals surface area (Å²) < 4.78 is 5.18. The number of carbonyl (C=O) groups excluding carboxylic acids is 2. The highest BCUT2D eigenvalue weighted by atomic mass is 16.5. The van der Waals surface area contributed by atoms with Gasteiger partial charge in [-0.15, -0.1) is 0 Å². The lowest BCUT2D eigenvalue weighted by Crippen LogP contribution is -2.39. The van der Waals surface area contributed by atoms with Gasteiger partial charge in [-0.1, -0.05) is 0 Å². The van der Waals surface area contributed by atoms with Crippen LogP contribution in [0.5, 0.6) is 5.75 Å². The van der Waals surface area contributed by atoms with Crippen molar-refractivity contribution in [2.75, 3.05) is 25.5 Å². The number of anilines is 1. The van der Waals surface area contributed by atoms with Crippen LogP contribution < -0.4 is 15.4 Å². The topological polar surface area (TPSA) is 79.8 Å². The zero-order valence-electron chi connectivity index (χ0n) is 11.5. The van der Waals surface area contributed by atoms with Crippen LogP contribution in [0, 0.1) is 0 Å². The van der Waals surface area contributed by atoms with E-state index in [2.05, 4.69) is 15.6 Å². The molecule has 0 fully saturated rings. The van der Waals surface area contributed by atoms with E-state index in [0.29, 0.717) is 29.4 Å². The number of ether oxygens (including phenoxy) is 1. The first-order chi connectivity index (χ1) is 9.61. The third-order valence-electron chi connectivity index (χ3n) is 2.97. The maximum atomic E-state index is 12.1. The third kappa shape index (κ3) is 3.14. The van der Waals surface area contributed by atoms with E-state index in [1.807, 2.05) is 0 Å². The molecule has 106 valence electrons. The molecule has 1 aromatic rings. The molecule has 0 radical (unpaired) electrons. The fourth-order valence-electron chi connectivity index (χ4n) is 1.89.